The van der Waals surface area contributed by atoms with E-state index in [1.165, 1.54) is 11.3 Å². The van der Waals surface area contributed by atoms with Crippen molar-refractivity contribution in [2.45, 2.75) is 25.9 Å². The van der Waals surface area contributed by atoms with Gasteiger partial charge >= 0.3 is 0 Å². The van der Waals surface area contributed by atoms with Crippen LogP contribution in [0.2, 0.25) is 0 Å². The number of nitrogens with one attached hydrogen (secondary N) is 1. The van der Waals surface area contributed by atoms with Crippen molar-refractivity contribution in [1.82, 2.24) is 5.32 Å². The van der Waals surface area contributed by atoms with Gasteiger partial charge in [0.25, 0.3) is 5.91 Å². The van der Waals surface area contributed by atoms with Gasteiger partial charge in [0.15, 0.2) is 0 Å². The summed E-state index contributed by atoms with van der Waals surface area (Å²) in [6.07, 6.45) is 2.30. The Morgan fingerprint density at radius 2 is 2.45 bits per heavy atom. The summed E-state index contributed by atoms with van der Waals surface area (Å²) in [5.74, 6) is 6.12. The average Bonchev–Trinajstić information content (AvgIpc) is 3.11. The van der Waals surface area contributed by atoms with Crippen LogP contribution in [-0.4, -0.2) is 31.7 Å². The van der Waals surface area contributed by atoms with Crippen molar-refractivity contribution < 1.29 is 9.53 Å². The highest BCUT2D eigenvalue weighted by Crippen LogP contribution is 2.23. The zero-order valence-electron chi connectivity index (χ0n) is 11.6. The van der Waals surface area contributed by atoms with Crippen LogP contribution in [0.15, 0.2) is 12.1 Å². The van der Waals surface area contributed by atoms with E-state index in [0.717, 1.165) is 24.3 Å². The molecular formula is C15H20N2O2S. The monoisotopic (exact) mass is 292 g/mol. The zero-order chi connectivity index (χ0) is 14.4. The summed E-state index contributed by atoms with van der Waals surface area (Å²) < 4.78 is 5.62. The minimum absolute atomic E-state index is 0.0300. The topological polar surface area (TPSA) is 64.3 Å². The fourth-order valence-corrected chi connectivity index (χ4v) is 3.15. The Balaban J connectivity index is 1.87. The number of amides is 1. The Morgan fingerprint density at radius 3 is 3.20 bits per heavy atom. The van der Waals surface area contributed by atoms with Gasteiger partial charge in [0.1, 0.15) is 0 Å². The van der Waals surface area contributed by atoms with E-state index in [1.54, 1.807) is 0 Å². The molecule has 0 bridgehead atoms. The van der Waals surface area contributed by atoms with Gasteiger partial charge in [-0.2, -0.15) is 0 Å². The van der Waals surface area contributed by atoms with Crippen LogP contribution in [0.1, 0.15) is 34.3 Å². The Bertz CT molecular complexity index is 515. The van der Waals surface area contributed by atoms with Gasteiger partial charge in [0.05, 0.1) is 22.4 Å². The molecular weight excluding hydrogens is 272 g/mol. The van der Waals surface area contributed by atoms with E-state index in [-0.39, 0.29) is 12.0 Å². The molecule has 0 saturated carbocycles. The van der Waals surface area contributed by atoms with Gasteiger partial charge < -0.3 is 15.8 Å². The Hall–Kier alpha value is -1.35. The van der Waals surface area contributed by atoms with E-state index in [4.69, 9.17) is 10.5 Å². The summed E-state index contributed by atoms with van der Waals surface area (Å²) in [5, 5.41) is 2.99. The molecule has 2 atom stereocenters. The third-order valence-electron chi connectivity index (χ3n) is 3.42. The second kappa shape index (κ2) is 7.44. The third-order valence-corrected chi connectivity index (χ3v) is 4.42. The largest absolute Gasteiger partial charge is 0.378 e. The highest BCUT2D eigenvalue weighted by molar-refractivity contribution is 7.14. The second-order valence-corrected chi connectivity index (χ2v) is 5.83. The third kappa shape index (κ3) is 3.83. The molecule has 2 unspecified atom stereocenters. The van der Waals surface area contributed by atoms with Crippen LogP contribution >= 0.6 is 11.3 Å². The van der Waals surface area contributed by atoms with Crippen LogP contribution in [0.25, 0.3) is 0 Å². The standard InChI is InChI=1S/C15H20N2O2S/c1-2-13-11(7-9-19-13)10-17-15(18)14-6-5-12(20-14)4-3-8-16/h5-6,11,13H,2,7-10,16H2,1H3,(H,17,18). The first kappa shape index (κ1) is 15.0. The molecule has 1 fully saturated rings. The van der Waals surface area contributed by atoms with Crippen LogP contribution < -0.4 is 11.1 Å². The smallest absolute Gasteiger partial charge is 0.261 e. The number of rotatable bonds is 4. The summed E-state index contributed by atoms with van der Waals surface area (Å²) in [4.78, 5) is 13.6. The van der Waals surface area contributed by atoms with E-state index >= 15 is 0 Å². The molecule has 1 aliphatic heterocycles. The van der Waals surface area contributed by atoms with Crippen molar-refractivity contribution in [3.8, 4) is 11.8 Å². The van der Waals surface area contributed by atoms with E-state index in [9.17, 15) is 4.79 Å². The lowest BCUT2D eigenvalue weighted by atomic mass is 10.00. The molecule has 0 aliphatic carbocycles. The predicted octanol–water partition coefficient (Wildman–Crippen LogP) is 1.60. The molecule has 1 aromatic heterocycles. The highest BCUT2D eigenvalue weighted by Gasteiger charge is 2.27. The van der Waals surface area contributed by atoms with Crippen molar-refractivity contribution in [1.29, 1.82) is 0 Å². The molecule has 0 spiro atoms. The molecule has 0 aromatic carbocycles. The van der Waals surface area contributed by atoms with Gasteiger partial charge in [0.2, 0.25) is 0 Å². The van der Waals surface area contributed by atoms with Crippen molar-refractivity contribution in [2.24, 2.45) is 11.7 Å². The van der Waals surface area contributed by atoms with Crippen molar-refractivity contribution >= 4 is 17.2 Å². The number of hydrogen-bond acceptors (Lipinski definition) is 4. The predicted molar refractivity (Wildman–Crippen MR) is 80.7 cm³/mol. The molecule has 0 radical (unpaired) electrons. The minimum atomic E-state index is -0.0300. The number of ether oxygens (including phenoxy) is 1. The number of thiophene rings is 1. The van der Waals surface area contributed by atoms with Gasteiger partial charge in [-0.15, -0.1) is 11.3 Å². The summed E-state index contributed by atoms with van der Waals surface area (Å²) in [6.45, 7) is 3.93. The molecule has 5 heteroatoms. The van der Waals surface area contributed by atoms with Crippen molar-refractivity contribution in [3.63, 3.8) is 0 Å². The number of hydrogen-bond donors (Lipinski definition) is 2. The van der Waals surface area contributed by atoms with Crippen LogP contribution in [0, 0.1) is 17.8 Å². The lowest BCUT2D eigenvalue weighted by Crippen LogP contribution is -2.32. The lowest BCUT2D eigenvalue weighted by molar-refractivity contribution is 0.0828. The van der Waals surface area contributed by atoms with E-state index in [1.807, 2.05) is 12.1 Å². The normalized spacial score (nSPS) is 21.3. The molecule has 1 aromatic rings. The molecule has 1 aliphatic rings. The summed E-state index contributed by atoms with van der Waals surface area (Å²) in [6, 6.07) is 3.67. The lowest BCUT2D eigenvalue weighted by Gasteiger charge is -2.16. The first-order valence-corrected chi connectivity index (χ1v) is 7.74. The maximum atomic E-state index is 12.1. The molecule has 2 heterocycles. The average molecular weight is 292 g/mol. The van der Waals surface area contributed by atoms with Crippen LogP contribution in [0.5, 0.6) is 0 Å². The molecule has 20 heavy (non-hydrogen) atoms. The molecule has 4 nitrogen and oxygen atoms in total. The maximum Gasteiger partial charge on any atom is 0.261 e. The molecule has 108 valence electrons. The molecule has 2 rings (SSSR count). The molecule has 3 N–H and O–H groups in total. The summed E-state index contributed by atoms with van der Waals surface area (Å²) in [5.41, 5.74) is 5.33. The van der Waals surface area contributed by atoms with Gasteiger partial charge in [-0.1, -0.05) is 18.8 Å². The SMILES string of the molecule is CCC1OCCC1CNC(=O)c1ccc(C#CCN)s1. The van der Waals surface area contributed by atoms with Crippen LogP contribution in [-0.2, 0) is 4.74 Å². The van der Waals surface area contributed by atoms with Crippen molar-refractivity contribution in [3.05, 3.63) is 21.9 Å². The first-order valence-electron chi connectivity index (χ1n) is 6.93. The summed E-state index contributed by atoms with van der Waals surface area (Å²) in [7, 11) is 0. The van der Waals surface area contributed by atoms with Gasteiger partial charge in [-0.3, -0.25) is 4.79 Å². The van der Waals surface area contributed by atoms with Crippen LogP contribution in [0.3, 0.4) is 0 Å². The minimum Gasteiger partial charge on any atom is -0.378 e. The quantitative estimate of drug-likeness (QED) is 0.829. The Kier molecular flexibility index (Phi) is 5.60. The number of nitrogens with two attached hydrogens (primary N) is 1. The van der Waals surface area contributed by atoms with Gasteiger partial charge in [-0.25, -0.2) is 0 Å². The highest BCUT2D eigenvalue weighted by atomic mass is 32.1. The van der Waals surface area contributed by atoms with Gasteiger partial charge in [-0.05, 0) is 25.0 Å². The Morgan fingerprint density at radius 1 is 1.60 bits per heavy atom. The zero-order valence-corrected chi connectivity index (χ0v) is 12.5. The molecule has 1 amide bonds. The second-order valence-electron chi connectivity index (χ2n) is 4.75. The summed E-state index contributed by atoms with van der Waals surface area (Å²) >= 11 is 1.40. The van der Waals surface area contributed by atoms with Gasteiger partial charge in [0, 0.05) is 19.1 Å². The van der Waals surface area contributed by atoms with Crippen molar-refractivity contribution in [2.75, 3.05) is 19.7 Å². The van der Waals surface area contributed by atoms with Crippen LogP contribution in [0.4, 0.5) is 0 Å². The fraction of sp³-hybridized carbons (Fsp3) is 0.533. The van der Waals surface area contributed by atoms with E-state index in [0.29, 0.717) is 23.9 Å². The maximum absolute atomic E-state index is 12.1. The fourth-order valence-electron chi connectivity index (χ4n) is 2.35. The van der Waals surface area contributed by atoms with E-state index < -0.39 is 0 Å². The number of carbonyl (C=O) groups excluding carboxylic acids is 1. The number of carbonyl (C=O) groups is 1. The first-order chi connectivity index (χ1) is 9.74. The molecule has 1 saturated heterocycles. The van der Waals surface area contributed by atoms with E-state index in [2.05, 4.69) is 24.1 Å². The Labute approximate surface area is 123 Å².